The molecule has 0 unspecified atom stereocenters. The molecule has 0 saturated carbocycles. The van der Waals surface area contributed by atoms with Crippen LogP contribution in [0.2, 0.25) is 0 Å². The van der Waals surface area contributed by atoms with E-state index in [1.807, 2.05) is 67.6 Å². The van der Waals surface area contributed by atoms with Crippen LogP contribution < -0.4 is 10.3 Å². The zero-order valence-electron chi connectivity index (χ0n) is 13.3. The van der Waals surface area contributed by atoms with E-state index in [-0.39, 0.29) is 5.56 Å². The Balaban J connectivity index is 1.86. The lowest BCUT2D eigenvalue weighted by atomic mass is 10.0. The molecule has 0 aliphatic heterocycles. The largest absolute Gasteiger partial charge is 0.494 e. The Morgan fingerprint density at radius 3 is 2.58 bits per heavy atom. The standard InChI is InChI=1S/C20H16N2O2/c1-2-24-16-9-6-14(7-10-16)15-8-11-17-18(13-15)21-19-5-3-4-12-22(19)20(17)23/h3-13H,2H2,1H3. The van der Waals surface area contributed by atoms with Crippen molar-refractivity contribution in [3.63, 3.8) is 0 Å². The minimum absolute atomic E-state index is 0.0474. The second-order valence-corrected chi connectivity index (χ2v) is 5.54. The fourth-order valence-electron chi connectivity index (χ4n) is 2.84. The van der Waals surface area contributed by atoms with E-state index in [9.17, 15) is 4.79 Å². The summed E-state index contributed by atoms with van der Waals surface area (Å²) < 4.78 is 7.04. The smallest absolute Gasteiger partial charge is 0.265 e. The number of aromatic nitrogens is 2. The first-order valence-electron chi connectivity index (χ1n) is 7.90. The van der Waals surface area contributed by atoms with Crippen molar-refractivity contribution in [2.75, 3.05) is 6.61 Å². The van der Waals surface area contributed by atoms with Gasteiger partial charge in [-0.3, -0.25) is 9.20 Å². The van der Waals surface area contributed by atoms with Crippen molar-refractivity contribution in [1.82, 2.24) is 9.38 Å². The molecule has 2 aromatic carbocycles. The summed E-state index contributed by atoms with van der Waals surface area (Å²) in [6, 6.07) is 19.2. The van der Waals surface area contributed by atoms with Gasteiger partial charge >= 0.3 is 0 Å². The normalized spacial score (nSPS) is 11.0. The average Bonchev–Trinajstić information content (AvgIpc) is 2.62. The van der Waals surface area contributed by atoms with Gasteiger partial charge in [0.1, 0.15) is 11.4 Å². The first-order chi connectivity index (χ1) is 11.8. The number of hydrogen-bond acceptors (Lipinski definition) is 3. The maximum Gasteiger partial charge on any atom is 0.265 e. The highest BCUT2D eigenvalue weighted by molar-refractivity contribution is 5.85. The van der Waals surface area contributed by atoms with Crippen LogP contribution in [0.15, 0.2) is 71.7 Å². The molecule has 0 radical (unpaired) electrons. The van der Waals surface area contributed by atoms with E-state index < -0.39 is 0 Å². The molecule has 0 fully saturated rings. The zero-order chi connectivity index (χ0) is 16.5. The molecule has 118 valence electrons. The summed E-state index contributed by atoms with van der Waals surface area (Å²) in [5, 5.41) is 0.619. The van der Waals surface area contributed by atoms with Crippen LogP contribution in [0.25, 0.3) is 27.7 Å². The van der Waals surface area contributed by atoms with E-state index >= 15 is 0 Å². The Bertz CT molecular complexity index is 1080. The maximum absolute atomic E-state index is 12.6. The minimum Gasteiger partial charge on any atom is -0.494 e. The van der Waals surface area contributed by atoms with Gasteiger partial charge < -0.3 is 4.74 Å². The average molecular weight is 316 g/mol. The van der Waals surface area contributed by atoms with Crippen LogP contribution >= 0.6 is 0 Å². The van der Waals surface area contributed by atoms with Gasteiger partial charge in [-0.25, -0.2) is 4.98 Å². The van der Waals surface area contributed by atoms with Crippen molar-refractivity contribution < 1.29 is 4.74 Å². The highest BCUT2D eigenvalue weighted by atomic mass is 16.5. The van der Waals surface area contributed by atoms with E-state index in [4.69, 9.17) is 4.74 Å². The van der Waals surface area contributed by atoms with Crippen LogP contribution in [-0.4, -0.2) is 16.0 Å². The first kappa shape index (κ1) is 14.5. The lowest BCUT2D eigenvalue weighted by Crippen LogP contribution is -2.14. The SMILES string of the molecule is CCOc1ccc(-c2ccc3c(=O)n4ccccc4nc3c2)cc1. The van der Waals surface area contributed by atoms with Gasteiger partial charge in [0.2, 0.25) is 0 Å². The number of ether oxygens (including phenoxy) is 1. The molecule has 4 rings (SSSR count). The maximum atomic E-state index is 12.6. The molecular formula is C20H16N2O2. The Labute approximate surface area is 139 Å². The molecule has 0 saturated heterocycles. The molecule has 0 bridgehead atoms. The lowest BCUT2D eigenvalue weighted by molar-refractivity contribution is 0.340. The molecule has 0 N–H and O–H groups in total. The Kier molecular flexibility index (Phi) is 3.50. The van der Waals surface area contributed by atoms with Gasteiger partial charge in [-0.15, -0.1) is 0 Å². The number of hydrogen-bond donors (Lipinski definition) is 0. The number of pyridine rings is 1. The molecule has 4 heteroatoms. The van der Waals surface area contributed by atoms with Gasteiger partial charge in [0.05, 0.1) is 17.5 Å². The fraction of sp³-hybridized carbons (Fsp3) is 0.100. The number of benzene rings is 2. The fourth-order valence-corrected chi connectivity index (χ4v) is 2.84. The Morgan fingerprint density at radius 2 is 1.79 bits per heavy atom. The molecule has 0 spiro atoms. The molecule has 24 heavy (non-hydrogen) atoms. The van der Waals surface area contributed by atoms with E-state index in [1.165, 1.54) is 0 Å². The molecule has 4 aromatic rings. The second kappa shape index (κ2) is 5.81. The van der Waals surface area contributed by atoms with Crippen molar-refractivity contribution in [2.45, 2.75) is 6.92 Å². The van der Waals surface area contributed by atoms with Crippen LogP contribution in [0.4, 0.5) is 0 Å². The predicted octanol–water partition coefficient (Wildman–Crippen LogP) is 3.91. The third-order valence-corrected chi connectivity index (χ3v) is 4.02. The molecule has 2 heterocycles. The van der Waals surface area contributed by atoms with E-state index in [1.54, 1.807) is 10.6 Å². The molecule has 4 nitrogen and oxygen atoms in total. The second-order valence-electron chi connectivity index (χ2n) is 5.54. The molecule has 0 amide bonds. The zero-order valence-corrected chi connectivity index (χ0v) is 13.3. The number of rotatable bonds is 3. The summed E-state index contributed by atoms with van der Waals surface area (Å²) in [6.07, 6.45) is 1.74. The summed E-state index contributed by atoms with van der Waals surface area (Å²) in [4.78, 5) is 17.2. The van der Waals surface area contributed by atoms with Gasteiger partial charge in [0, 0.05) is 6.20 Å². The van der Waals surface area contributed by atoms with Gasteiger partial charge in [0.15, 0.2) is 0 Å². The van der Waals surface area contributed by atoms with E-state index in [2.05, 4.69) is 4.98 Å². The van der Waals surface area contributed by atoms with Gasteiger partial charge in [0.25, 0.3) is 5.56 Å². The Morgan fingerprint density at radius 1 is 1.00 bits per heavy atom. The van der Waals surface area contributed by atoms with Crippen LogP contribution in [0, 0.1) is 0 Å². The summed E-state index contributed by atoms with van der Waals surface area (Å²) in [5.74, 6) is 0.851. The molecule has 2 aromatic heterocycles. The van der Waals surface area contributed by atoms with Crippen molar-refractivity contribution in [3.8, 4) is 16.9 Å². The topological polar surface area (TPSA) is 43.6 Å². The number of fused-ring (bicyclic) bond motifs is 2. The Hall–Kier alpha value is -3.14. The monoisotopic (exact) mass is 316 g/mol. The molecule has 0 aliphatic rings. The summed E-state index contributed by atoms with van der Waals surface area (Å²) in [5.41, 5.74) is 3.40. The molecular weight excluding hydrogens is 300 g/mol. The van der Waals surface area contributed by atoms with Gasteiger partial charge in [-0.1, -0.05) is 24.3 Å². The van der Waals surface area contributed by atoms with E-state index in [0.717, 1.165) is 16.9 Å². The quantitative estimate of drug-likeness (QED) is 0.538. The van der Waals surface area contributed by atoms with Crippen molar-refractivity contribution in [1.29, 1.82) is 0 Å². The van der Waals surface area contributed by atoms with E-state index in [0.29, 0.717) is 23.2 Å². The van der Waals surface area contributed by atoms with Crippen LogP contribution in [0.1, 0.15) is 6.92 Å². The minimum atomic E-state index is -0.0474. The molecule has 0 aliphatic carbocycles. The summed E-state index contributed by atoms with van der Waals surface area (Å²) in [7, 11) is 0. The van der Waals surface area contributed by atoms with Crippen molar-refractivity contribution >= 4 is 16.6 Å². The highest BCUT2D eigenvalue weighted by Crippen LogP contribution is 2.25. The predicted molar refractivity (Wildman–Crippen MR) is 95.6 cm³/mol. The van der Waals surface area contributed by atoms with Crippen LogP contribution in [-0.2, 0) is 0 Å². The van der Waals surface area contributed by atoms with Gasteiger partial charge in [-0.05, 0) is 54.4 Å². The number of nitrogens with zero attached hydrogens (tertiary/aromatic N) is 2. The van der Waals surface area contributed by atoms with Gasteiger partial charge in [-0.2, -0.15) is 0 Å². The third-order valence-electron chi connectivity index (χ3n) is 4.02. The lowest BCUT2D eigenvalue weighted by Gasteiger charge is -2.07. The van der Waals surface area contributed by atoms with Crippen molar-refractivity contribution in [2.24, 2.45) is 0 Å². The summed E-state index contributed by atoms with van der Waals surface area (Å²) in [6.45, 7) is 2.61. The third kappa shape index (κ3) is 2.42. The summed E-state index contributed by atoms with van der Waals surface area (Å²) >= 11 is 0. The van der Waals surface area contributed by atoms with Crippen LogP contribution in [0.3, 0.4) is 0 Å². The first-order valence-corrected chi connectivity index (χ1v) is 7.90. The van der Waals surface area contributed by atoms with Crippen molar-refractivity contribution in [3.05, 3.63) is 77.2 Å². The van der Waals surface area contributed by atoms with Crippen LogP contribution in [0.5, 0.6) is 5.75 Å². The molecule has 0 atom stereocenters. The highest BCUT2D eigenvalue weighted by Gasteiger charge is 2.07.